The zero-order valence-electron chi connectivity index (χ0n) is 11.7. The summed E-state index contributed by atoms with van der Waals surface area (Å²) in [5, 5.41) is 0. The van der Waals surface area contributed by atoms with Crippen LogP contribution < -0.4 is 4.72 Å². The van der Waals surface area contributed by atoms with Crippen molar-refractivity contribution in [2.45, 2.75) is 29.7 Å². The number of nitrogens with one attached hydrogen (secondary N) is 1. The molecule has 0 saturated heterocycles. The number of hydrogen-bond acceptors (Lipinski definition) is 2. The molecule has 1 aliphatic rings. The maximum absolute atomic E-state index is 13.1. The highest BCUT2D eigenvalue weighted by molar-refractivity contribution is 7.89. The largest absolute Gasteiger partial charge is 0.241 e. The first-order valence-electron chi connectivity index (χ1n) is 6.97. The summed E-state index contributed by atoms with van der Waals surface area (Å²) in [6, 6.07) is 10.5. The van der Waals surface area contributed by atoms with E-state index in [0.717, 1.165) is 24.1 Å². The lowest BCUT2D eigenvalue weighted by Gasteiger charge is -2.42. The van der Waals surface area contributed by atoms with Crippen molar-refractivity contribution in [3.05, 3.63) is 65.7 Å². The van der Waals surface area contributed by atoms with Gasteiger partial charge in [0.25, 0.3) is 0 Å². The van der Waals surface area contributed by atoms with E-state index >= 15 is 0 Å². The molecule has 3 nitrogen and oxygen atoms in total. The molecule has 0 amide bonds. The van der Waals surface area contributed by atoms with Crippen LogP contribution >= 0.6 is 0 Å². The molecule has 0 unspecified atom stereocenters. The number of halogens is 2. The molecule has 2 aromatic rings. The van der Waals surface area contributed by atoms with E-state index in [-0.39, 0.29) is 10.7 Å². The number of rotatable bonds is 4. The van der Waals surface area contributed by atoms with Gasteiger partial charge in [-0.2, -0.15) is 0 Å². The number of sulfonamides is 1. The van der Waals surface area contributed by atoms with Crippen molar-refractivity contribution in [2.75, 3.05) is 0 Å². The predicted octanol–water partition coefficient (Wildman–Crippen LogP) is 3.32. The molecule has 3 rings (SSSR count). The summed E-state index contributed by atoms with van der Waals surface area (Å²) in [4.78, 5) is 0.0160. The molecule has 116 valence electrons. The van der Waals surface area contributed by atoms with E-state index in [1.807, 2.05) is 0 Å². The number of hydrogen-bond donors (Lipinski definition) is 1. The van der Waals surface area contributed by atoms with Crippen molar-refractivity contribution < 1.29 is 17.2 Å². The molecule has 22 heavy (non-hydrogen) atoms. The van der Waals surface area contributed by atoms with Crippen molar-refractivity contribution in [2.24, 2.45) is 0 Å². The molecule has 1 saturated carbocycles. The lowest BCUT2D eigenvalue weighted by molar-refractivity contribution is 0.224. The Morgan fingerprint density at radius 2 is 1.36 bits per heavy atom. The fraction of sp³-hybridized carbons (Fsp3) is 0.250. The first-order chi connectivity index (χ1) is 10.4. The summed E-state index contributed by atoms with van der Waals surface area (Å²) in [6.45, 7) is 0. The van der Waals surface area contributed by atoms with Crippen molar-refractivity contribution in [3.63, 3.8) is 0 Å². The summed E-state index contributed by atoms with van der Waals surface area (Å²) in [5.41, 5.74) is 0.0341. The van der Waals surface area contributed by atoms with Crippen molar-refractivity contribution >= 4 is 10.0 Å². The summed E-state index contributed by atoms with van der Waals surface area (Å²) in [7, 11) is -3.76. The molecule has 1 fully saturated rings. The molecule has 2 aromatic carbocycles. The third-order valence-electron chi connectivity index (χ3n) is 4.06. The Bertz CT molecular complexity index is 767. The van der Waals surface area contributed by atoms with Gasteiger partial charge in [-0.1, -0.05) is 12.1 Å². The molecule has 1 N–H and O–H groups in total. The SMILES string of the molecule is O=S(=O)(NC1(c2ccc(F)cc2)CCC1)c1ccc(F)cc1. The molecular weight excluding hydrogens is 308 g/mol. The Morgan fingerprint density at radius 3 is 1.82 bits per heavy atom. The van der Waals surface area contributed by atoms with E-state index < -0.39 is 21.4 Å². The highest BCUT2D eigenvalue weighted by Crippen LogP contribution is 2.42. The third kappa shape index (κ3) is 2.76. The Kier molecular flexibility index (Phi) is 3.74. The summed E-state index contributed by atoms with van der Waals surface area (Å²) in [5.74, 6) is -0.851. The highest BCUT2D eigenvalue weighted by atomic mass is 32.2. The van der Waals surface area contributed by atoms with E-state index in [1.54, 1.807) is 12.1 Å². The maximum Gasteiger partial charge on any atom is 0.241 e. The number of benzene rings is 2. The van der Waals surface area contributed by atoms with Gasteiger partial charge in [0.2, 0.25) is 10.0 Å². The standard InChI is InChI=1S/C16H15F2NO2S/c17-13-4-2-12(3-5-13)16(10-1-11-16)19-22(20,21)15-8-6-14(18)7-9-15/h2-9,19H,1,10-11H2. The molecule has 0 aliphatic heterocycles. The fourth-order valence-corrected chi connectivity index (χ4v) is 4.13. The van der Waals surface area contributed by atoms with Crippen molar-refractivity contribution in [1.29, 1.82) is 0 Å². The second kappa shape index (κ2) is 5.44. The Balaban J connectivity index is 1.92. The van der Waals surface area contributed by atoms with E-state index in [1.165, 1.54) is 24.3 Å². The molecule has 0 aromatic heterocycles. The second-order valence-corrected chi connectivity index (χ2v) is 7.18. The molecule has 0 spiro atoms. The average Bonchev–Trinajstić information content (AvgIpc) is 2.44. The quantitative estimate of drug-likeness (QED) is 0.938. The smallest absolute Gasteiger partial charge is 0.207 e. The normalized spacial score (nSPS) is 17.0. The van der Waals surface area contributed by atoms with Crippen LogP contribution in [-0.2, 0) is 15.6 Å². The lowest BCUT2D eigenvalue weighted by Crippen LogP contribution is -2.50. The van der Waals surface area contributed by atoms with Gasteiger partial charge in [0.1, 0.15) is 11.6 Å². The molecule has 0 heterocycles. The minimum atomic E-state index is -3.76. The lowest BCUT2D eigenvalue weighted by atomic mass is 9.73. The van der Waals surface area contributed by atoms with E-state index in [9.17, 15) is 17.2 Å². The van der Waals surface area contributed by atoms with Gasteiger partial charge in [-0.3, -0.25) is 0 Å². The van der Waals surface area contributed by atoms with Gasteiger partial charge in [0.05, 0.1) is 10.4 Å². The van der Waals surface area contributed by atoms with Gasteiger partial charge >= 0.3 is 0 Å². The zero-order chi connectivity index (χ0) is 15.8. The minimum absolute atomic E-state index is 0.0160. The predicted molar refractivity (Wildman–Crippen MR) is 78.7 cm³/mol. The highest BCUT2D eigenvalue weighted by Gasteiger charge is 2.42. The molecular formula is C16H15F2NO2S. The van der Waals surface area contributed by atoms with Crippen molar-refractivity contribution in [3.8, 4) is 0 Å². The van der Waals surface area contributed by atoms with Gasteiger partial charge in [0, 0.05) is 0 Å². The van der Waals surface area contributed by atoms with Crippen LogP contribution in [0.4, 0.5) is 8.78 Å². The van der Waals surface area contributed by atoms with Gasteiger partial charge in [0.15, 0.2) is 0 Å². The monoisotopic (exact) mass is 323 g/mol. The summed E-state index contributed by atoms with van der Waals surface area (Å²) >= 11 is 0. The van der Waals surface area contributed by atoms with E-state index in [4.69, 9.17) is 0 Å². The fourth-order valence-electron chi connectivity index (χ4n) is 2.68. The third-order valence-corrected chi connectivity index (χ3v) is 5.61. The molecule has 0 bridgehead atoms. The van der Waals surface area contributed by atoms with Crippen molar-refractivity contribution in [1.82, 2.24) is 4.72 Å². The molecule has 0 radical (unpaired) electrons. The van der Waals surface area contributed by atoms with Crippen LogP contribution in [0.25, 0.3) is 0 Å². The van der Waals surface area contributed by atoms with Crippen LogP contribution in [0.3, 0.4) is 0 Å². The topological polar surface area (TPSA) is 46.2 Å². The van der Waals surface area contributed by atoms with Gasteiger partial charge in [-0.25, -0.2) is 21.9 Å². The molecule has 6 heteroatoms. The average molecular weight is 323 g/mol. The molecule has 1 aliphatic carbocycles. The zero-order valence-corrected chi connectivity index (χ0v) is 12.5. The van der Waals surface area contributed by atoms with E-state index in [2.05, 4.69) is 4.72 Å². The van der Waals surface area contributed by atoms with Gasteiger partial charge in [-0.05, 0) is 61.2 Å². The first-order valence-corrected chi connectivity index (χ1v) is 8.45. The van der Waals surface area contributed by atoms with Crippen LogP contribution in [0.15, 0.2) is 53.4 Å². The van der Waals surface area contributed by atoms with Crippen LogP contribution in [0.2, 0.25) is 0 Å². The van der Waals surface area contributed by atoms with Crippen LogP contribution in [0, 0.1) is 11.6 Å². The first kappa shape index (κ1) is 15.1. The second-order valence-electron chi connectivity index (χ2n) is 5.50. The maximum atomic E-state index is 13.1. The van der Waals surface area contributed by atoms with Gasteiger partial charge < -0.3 is 0 Å². The summed E-state index contributed by atoms with van der Waals surface area (Å²) in [6.07, 6.45) is 2.20. The van der Waals surface area contributed by atoms with Crippen LogP contribution in [-0.4, -0.2) is 8.42 Å². The Morgan fingerprint density at radius 1 is 0.864 bits per heavy atom. The summed E-state index contributed by atoms with van der Waals surface area (Å²) < 4.78 is 53.7. The van der Waals surface area contributed by atoms with Crippen LogP contribution in [0.1, 0.15) is 24.8 Å². The van der Waals surface area contributed by atoms with Crippen LogP contribution in [0.5, 0.6) is 0 Å². The Hall–Kier alpha value is -1.79. The van der Waals surface area contributed by atoms with E-state index in [0.29, 0.717) is 12.8 Å². The minimum Gasteiger partial charge on any atom is -0.207 e. The van der Waals surface area contributed by atoms with Gasteiger partial charge in [-0.15, -0.1) is 0 Å². The Labute approximate surface area is 128 Å². The molecule has 0 atom stereocenters.